The summed E-state index contributed by atoms with van der Waals surface area (Å²) in [7, 11) is 0. The zero-order chi connectivity index (χ0) is 15.4. The van der Waals surface area contributed by atoms with E-state index in [9.17, 15) is 0 Å². The van der Waals surface area contributed by atoms with E-state index >= 15 is 0 Å². The highest BCUT2D eigenvalue weighted by atomic mass is 16.3. The van der Waals surface area contributed by atoms with E-state index in [-0.39, 0.29) is 0 Å². The first-order valence-electron chi connectivity index (χ1n) is 7.35. The summed E-state index contributed by atoms with van der Waals surface area (Å²) in [6.45, 7) is 0. The summed E-state index contributed by atoms with van der Waals surface area (Å²) in [6.07, 6.45) is 5.99. The van der Waals surface area contributed by atoms with E-state index in [2.05, 4.69) is 11.1 Å². The van der Waals surface area contributed by atoms with Crippen molar-refractivity contribution in [3.8, 4) is 11.1 Å². The van der Waals surface area contributed by atoms with Gasteiger partial charge in [0.15, 0.2) is 5.89 Å². The Hall–Kier alpha value is -2.75. The monoisotopic (exact) mass is 293 g/mol. The molecular weight excluding hydrogens is 274 g/mol. The Morgan fingerprint density at radius 3 is 2.41 bits per heavy atom. The van der Waals surface area contributed by atoms with Crippen LogP contribution < -0.4 is 11.5 Å². The molecule has 4 N–H and O–H groups in total. The van der Waals surface area contributed by atoms with Crippen LogP contribution in [0.5, 0.6) is 0 Å². The molecule has 0 bridgehead atoms. The Bertz CT molecular complexity index is 734. The summed E-state index contributed by atoms with van der Waals surface area (Å²) in [6, 6.07) is 14.0. The lowest BCUT2D eigenvalue weighted by Gasteiger charge is -2.11. The first-order chi connectivity index (χ1) is 10.7. The zero-order valence-corrected chi connectivity index (χ0v) is 12.3. The molecule has 0 atom stereocenters. The number of anilines is 2. The van der Waals surface area contributed by atoms with E-state index < -0.39 is 0 Å². The maximum atomic E-state index is 5.95. The second-order valence-electron chi connectivity index (χ2n) is 5.32. The Balaban J connectivity index is 1.79. The second-order valence-corrected chi connectivity index (χ2v) is 5.32. The third-order valence-corrected chi connectivity index (χ3v) is 3.67. The summed E-state index contributed by atoms with van der Waals surface area (Å²) in [5.74, 6) is 0.776. The van der Waals surface area contributed by atoms with Gasteiger partial charge in [-0.3, -0.25) is 0 Å². The van der Waals surface area contributed by atoms with Crippen LogP contribution >= 0.6 is 0 Å². The van der Waals surface area contributed by atoms with Crippen molar-refractivity contribution in [1.82, 2.24) is 4.98 Å². The fourth-order valence-corrected chi connectivity index (χ4v) is 2.57. The van der Waals surface area contributed by atoms with E-state index in [1.807, 2.05) is 36.4 Å². The van der Waals surface area contributed by atoms with Crippen LogP contribution in [0.1, 0.15) is 17.9 Å². The van der Waals surface area contributed by atoms with Gasteiger partial charge in [0.05, 0.1) is 6.20 Å². The van der Waals surface area contributed by atoms with Crippen LogP contribution in [0.4, 0.5) is 11.4 Å². The van der Waals surface area contributed by atoms with Gasteiger partial charge < -0.3 is 15.9 Å². The molecule has 3 aromatic rings. The molecule has 112 valence electrons. The maximum Gasteiger partial charge on any atom is 0.193 e. The lowest BCUT2D eigenvalue weighted by Crippen LogP contribution is -1.96. The van der Waals surface area contributed by atoms with Crippen molar-refractivity contribution in [2.75, 3.05) is 11.5 Å². The van der Waals surface area contributed by atoms with Gasteiger partial charge in [-0.05, 0) is 53.8 Å². The van der Waals surface area contributed by atoms with Crippen LogP contribution in [0.3, 0.4) is 0 Å². The molecule has 3 rings (SSSR count). The van der Waals surface area contributed by atoms with Crippen molar-refractivity contribution in [2.24, 2.45) is 0 Å². The molecule has 0 unspecified atom stereocenters. The number of oxazole rings is 1. The number of aryl methyl sites for hydroxylation is 2. The molecule has 0 spiro atoms. The quantitative estimate of drug-likeness (QED) is 0.703. The van der Waals surface area contributed by atoms with Crippen LogP contribution in [0.25, 0.3) is 11.1 Å². The molecule has 22 heavy (non-hydrogen) atoms. The summed E-state index contributed by atoms with van der Waals surface area (Å²) in [4.78, 5) is 4.15. The van der Waals surface area contributed by atoms with Gasteiger partial charge in [0.2, 0.25) is 0 Å². The lowest BCUT2D eigenvalue weighted by atomic mass is 9.95. The maximum absolute atomic E-state index is 5.95. The van der Waals surface area contributed by atoms with Crippen LogP contribution in [0.2, 0.25) is 0 Å². The highest BCUT2D eigenvalue weighted by Crippen LogP contribution is 2.27. The summed E-state index contributed by atoms with van der Waals surface area (Å²) in [5.41, 5.74) is 16.8. The van der Waals surface area contributed by atoms with Crippen LogP contribution in [-0.2, 0) is 12.8 Å². The van der Waals surface area contributed by atoms with Crippen molar-refractivity contribution < 1.29 is 4.42 Å². The number of aromatic nitrogens is 1. The van der Waals surface area contributed by atoms with Gasteiger partial charge in [-0.2, -0.15) is 0 Å². The Morgan fingerprint density at radius 1 is 0.909 bits per heavy atom. The highest BCUT2D eigenvalue weighted by molar-refractivity contribution is 5.71. The zero-order valence-electron chi connectivity index (χ0n) is 12.3. The topological polar surface area (TPSA) is 78.1 Å². The number of rotatable bonds is 5. The number of benzene rings is 2. The number of nitrogens with two attached hydrogens (primary N) is 2. The van der Waals surface area contributed by atoms with Gasteiger partial charge in [-0.1, -0.05) is 18.2 Å². The SMILES string of the molecule is Nc1ccc(-c2ccc(N)cc2CCCc2ncco2)cc1. The Labute approximate surface area is 129 Å². The molecule has 0 amide bonds. The van der Waals surface area contributed by atoms with Crippen LogP contribution in [0, 0.1) is 0 Å². The fourth-order valence-electron chi connectivity index (χ4n) is 2.57. The van der Waals surface area contributed by atoms with Crippen LogP contribution in [-0.4, -0.2) is 4.98 Å². The standard InChI is InChI=1S/C18H19N3O/c19-15-6-4-13(5-7-15)17-9-8-16(20)12-14(17)2-1-3-18-21-10-11-22-18/h4-12H,1-3,19-20H2. The van der Waals surface area contributed by atoms with Gasteiger partial charge in [0, 0.05) is 17.8 Å². The first-order valence-corrected chi connectivity index (χ1v) is 7.35. The molecule has 1 heterocycles. The summed E-state index contributed by atoms with van der Waals surface area (Å²) < 4.78 is 5.27. The largest absolute Gasteiger partial charge is 0.449 e. The second kappa shape index (κ2) is 6.35. The smallest absolute Gasteiger partial charge is 0.193 e. The molecule has 0 aliphatic heterocycles. The van der Waals surface area contributed by atoms with Gasteiger partial charge in [-0.25, -0.2) is 4.98 Å². The van der Waals surface area contributed by atoms with Gasteiger partial charge in [0.1, 0.15) is 6.26 Å². The molecule has 0 saturated carbocycles. The van der Waals surface area contributed by atoms with Crippen molar-refractivity contribution in [1.29, 1.82) is 0 Å². The molecule has 0 saturated heterocycles. The van der Waals surface area contributed by atoms with Crippen molar-refractivity contribution in [3.05, 3.63) is 66.4 Å². The van der Waals surface area contributed by atoms with E-state index in [4.69, 9.17) is 15.9 Å². The molecule has 4 nitrogen and oxygen atoms in total. The minimum Gasteiger partial charge on any atom is -0.449 e. The Kier molecular flexibility index (Phi) is 4.10. The number of hydrogen-bond acceptors (Lipinski definition) is 4. The molecule has 0 aliphatic rings. The lowest BCUT2D eigenvalue weighted by molar-refractivity contribution is 0.487. The summed E-state index contributed by atoms with van der Waals surface area (Å²) >= 11 is 0. The number of nitrogens with zero attached hydrogens (tertiary/aromatic N) is 1. The van der Waals surface area contributed by atoms with E-state index in [0.717, 1.165) is 42.1 Å². The molecule has 4 heteroatoms. The molecule has 0 radical (unpaired) electrons. The van der Waals surface area contributed by atoms with Gasteiger partial charge in [0.25, 0.3) is 0 Å². The van der Waals surface area contributed by atoms with E-state index in [1.165, 1.54) is 11.1 Å². The molecule has 1 aromatic heterocycles. The minimum atomic E-state index is 0.768. The minimum absolute atomic E-state index is 0.768. The third kappa shape index (κ3) is 3.28. The third-order valence-electron chi connectivity index (χ3n) is 3.67. The Morgan fingerprint density at radius 2 is 1.68 bits per heavy atom. The molecule has 0 fully saturated rings. The normalized spacial score (nSPS) is 10.7. The predicted octanol–water partition coefficient (Wildman–Crippen LogP) is 3.68. The molecular formula is C18H19N3O. The fraction of sp³-hybridized carbons (Fsp3) is 0.167. The molecule has 2 aromatic carbocycles. The average Bonchev–Trinajstić information content (AvgIpc) is 3.02. The van der Waals surface area contributed by atoms with Crippen molar-refractivity contribution in [2.45, 2.75) is 19.3 Å². The number of hydrogen-bond donors (Lipinski definition) is 2. The average molecular weight is 293 g/mol. The van der Waals surface area contributed by atoms with E-state index in [1.54, 1.807) is 12.5 Å². The first kappa shape index (κ1) is 14.2. The van der Waals surface area contributed by atoms with Gasteiger partial charge >= 0.3 is 0 Å². The highest BCUT2D eigenvalue weighted by Gasteiger charge is 2.07. The summed E-state index contributed by atoms with van der Waals surface area (Å²) in [5, 5.41) is 0. The predicted molar refractivity (Wildman–Crippen MR) is 89.2 cm³/mol. The van der Waals surface area contributed by atoms with Crippen molar-refractivity contribution >= 4 is 11.4 Å². The van der Waals surface area contributed by atoms with Crippen LogP contribution in [0.15, 0.2) is 59.3 Å². The van der Waals surface area contributed by atoms with E-state index in [0.29, 0.717) is 0 Å². The van der Waals surface area contributed by atoms with Gasteiger partial charge in [-0.15, -0.1) is 0 Å². The number of nitrogen functional groups attached to an aromatic ring is 2. The van der Waals surface area contributed by atoms with Crippen molar-refractivity contribution in [3.63, 3.8) is 0 Å². The molecule has 0 aliphatic carbocycles.